The monoisotopic (exact) mass is 442 g/mol. The Balaban J connectivity index is 1.52. The maximum absolute atomic E-state index is 12.0. The van der Waals surface area contributed by atoms with E-state index in [0.29, 0.717) is 24.2 Å². The molecule has 1 aromatic rings. The Morgan fingerprint density at radius 2 is 1.88 bits per heavy atom. The van der Waals surface area contributed by atoms with Crippen LogP contribution in [0, 0.1) is 17.3 Å². The number of rotatable bonds is 5. The van der Waals surface area contributed by atoms with Crippen LogP contribution in [0.5, 0.6) is 0 Å². The molecule has 2 saturated carbocycles. The van der Waals surface area contributed by atoms with E-state index in [1.165, 1.54) is 31.3 Å². The standard InChI is InChI=1S/C26H39BO5/c1-8-29-23(28)22-14-13-21(30-22)17(2)19-11-12-20-18(10-9-15-26(19,20)7)16-27-31-24(3,4)25(5,6)32-27/h13-14,16-17,19-20H,8-12,15H2,1-7H3/b18-16-/t17-,19+,20-,26+/m0/s1. The molecule has 6 heteroatoms. The first-order chi connectivity index (χ1) is 15.0. The maximum atomic E-state index is 12.0. The number of carbonyl (C=O) groups excluding carboxylic acids is 1. The molecule has 0 N–H and O–H groups in total. The smallest absolute Gasteiger partial charge is 0.460 e. The second kappa shape index (κ2) is 8.36. The van der Waals surface area contributed by atoms with Crippen LogP contribution in [0.15, 0.2) is 28.1 Å². The maximum Gasteiger partial charge on any atom is 0.487 e. The van der Waals surface area contributed by atoms with E-state index in [1.54, 1.807) is 6.07 Å². The van der Waals surface area contributed by atoms with Gasteiger partial charge in [-0.05, 0) is 96.1 Å². The summed E-state index contributed by atoms with van der Waals surface area (Å²) in [6.45, 7) is 15.3. The highest BCUT2D eigenvalue weighted by molar-refractivity contribution is 6.51. The van der Waals surface area contributed by atoms with Gasteiger partial charge in [0.15, 0.2) is 0 Å². The van der Waals surface area contributed by atoms with Crippen molar-refractivity contribution in [3.63, 3.8) is 0 Å². The minimum absolute atomic E-state index is 0.212. The van der Waals surface area contributed by atoms with Crippen molar-refractivity contribution in [3.05, 3.63) is 35.2 Å². The first-order valence-electron chi connectivity index (χ1n) is 12.3. The lowest BCUT2D eigenvalue weighted by atomic mass is 9.60. The van der Waals surface area contributed by atoms with Crippen molar-refractivity contribution in [2.45, 2.75) is 97.7 Å². The van der Waals surface area contributed by atoms with Gasteiger partial charge in [0.05, 0.1) is 17.8 Å². The zero-order valence-electron chi connectivity index (χ0n) is 20.8. The van der Waals surface area contributed by atoms with Crippen LogP contribution in [0.2, 0.25) is 0 Å². The third kappa shape index (κ3) is 3.98. The van der Waals surface area contributed by atoms with Crippen molar-refractivity contribution in [1.29, 1.82) is 0 Å². The van der Waals surface area contributed by atoms with Crippen LogP contribution in [0.4, 0.5) is 0 Å². The largest absolute Gasteiger partial charge is 0.487 e. The second-order valence-corrected chi connectivity index (χ2v) is 11.2. The van der Waals surface area contributed by atoms with E-state index < -0.39 is 0 Å². The summed E-state index contributed by atoms with van der Waals surface area (Å²) >= 11 is 0. The number of hydrogen-bond donors (Lipinski definition) is 0. The van der Waals surface area contributed by atoms with Gasteiger partial charge in [-0.3, -0.25) is 0 Å². The summed E-state index contributed by atoms with van der Waals surface area (Å²) in [6.07, 6.45) is 5.88. The molecule has 176 valence electrons. The molecule has 2 heterocycles. The van der Waals surface area contributed by atoms with Gasteiger partial charge in [0, 0.05) is 5.92 Å². The molecule has 1 aromatic heterocycles. The Labute approximate surface area is 193 Å². The molecule has 0 unspecified atom stereocenters. The van der Waals surface area contributed by atoms with Crippen LogP contribution in [-0.2, 0) is 14.0 Å². The highest BCUT2D eigenvalue weighted by atomic mass is 16.7. The summed E-state index contributed by atoms with van der Waals surface area (Å²) in [6, 6.07) is 3.71. The fourth-order valence-corrected chi connectivity index (χ4v) is 6.34. The van der Waals surface area contributed by atoms with E-state index in [0.717, 1.165) is 12.2 Å². The Hall–Kier alpha value is -1.53. The van der Waals surface area contributed by atoms with E-state index in [4.69, 9.17) is 18.5 Å². The Morgan fingerprint density at radius 1 is 1.19 bits per heavy atom. The van der Waals surface area contributed by atoms with Crippen molar-refractivity contribution < 1.29 is 23.3 Å². The van der Waals surface area contributed by atoms with E-state index in [1.807, 2.05) is 13.0 Å². The summed E-state index contributed by atoms with van der Waals surface area (Å²) in [5, 5.41) is 0. The quantitative estimate of drug-likeness (QED) is 0.394. The van der Waals surface area contributed by atoms with Crippen LogP contribution < -0.4 is 0 Å². The highest BCUT2D eigenvalue weighted by Crippen LogP contribution is 2.61. The fraction of sp³-hybridized carbons (Fsp3) is 0.731. The molecule has 0 aromatic carbocycles. The summed E-state index contributed by atoms with van der Waals surface area (Å²) in [4.78, 5) is 12.0. The normalized spacial score (nSPS) is 33.3. The number of allylic oxidation sites excluding steroid dienone is 1. The number of carbonyl (C=O) groups is 1. The van der Waals surface area contributed by atoms with Crippen LogP contribution in [0.25, 0.3) is 0 Å². The van der Waals surface area contributed by atoms with Crippen LogP contribution in [0.1, 0.15) is 103 Å². The van der Waals surface area contributed by atoms with Crippen molar-refractivity contribution in [3.8, 4) is 0 Å². The van der Waals surface area contributed by atoms with Gasteiger partial charge in [-0.1, -0.05) is 25.4 Å². The zero-order chi connectivity index (χ0) is 23.3. The van der Waals surface area contributed by atoms with Crippen LogP contribution in [-0.4, -0.2) is 30.9 Å². The van der Waals surface area contributed by atoms with E-state index in [2.05, 4.69) is 47.5 Å². The molecule has 3 fully saturated rings. The lowest BCUT2D eigenvalue weighted by molar-refractivity contribution is 0.00578. The van der Waals surface area contributed by atoms with Gasteiger partial charge in [0.25, 0.3) is 0 Å². The highest BCUT2D eigenvalue weighted by Gasteiger charge is 2.54. The molecule has 1 aliphatic heterocycles. The third-order valence-electron chi connectivity index (χ3n) is 8.82. The van der Waals surface area contributed by atoms with E-state index >= 15 is 0 Å². The Morgan fingerprint density at radius 3 is 2.53 bits per heavy atom. The molecule has 0 radical (unpaired) electrons. The number of hydrogen-bond acceptors (Lipinski definition) is 5. The molecule has 0 amide bonds. The van der Waals surface area contributed by atoms with E-state index in [9.17, 15) is 4.79 Å². The molecular formula is C26H39BO5. The topological polar surface area (TPSA) is 57.9 Å². The average molecular weight is 442 g/mol. The van der Waals surface area contributed by atoms with Crippen molar-refractivity contribution >= 4 is 13.1 Å². The molecule has 0 bridgehead atoms. The predicted molar refractivity (Wildman–Crippen MR) is 125 cm³/mol. The summed E-state index contributed by atoms with van der Waals surface area (Å²) in [7, 11) is -0.272. The molecular weight excluding hydrogens is 403 g/mol. The molecule has 1 saturated heterocycles. The van der Waals surface area contributed by atoms with Crippen LogP contribution in [0.3, 0.4) is 0 Å². The lowest BCUT2D eigenvalue weighted by Gasteiger charge is -2.44. The molecule has 4 rings (SSSR count). The SMILES string of the molecule is CCOC(=O)c1ccc([C@@H](C)[C@H]2CC[C@H]3/C(=C\B4OC(C)(C)C(C)(C)O4)CCC[C@]23C)o1. The van der Waals surface area contributed by atoms with Gasteiger partial charge in [-0.2, -0.15) is 0 Å². The third-order valence-corrected chi connectivity index (χ3v) is 8.82. The summed E-state index contributed by atoms with van der Waals surface area (Å²) < 4.78 is 23.6. The number of ether oxygens (including phenoxy) is 1. The van der Waals surface area contributed by atoms with Gasteiger partial charge in [-0.25, -0.2) is 4.79 Å². The summed E-state index contributed by atoms with van der Waals surface area (Å²) in [5.74, 6) is 4.40. The molecule has 2 aliphatic carbocycles. The number of furan rings is 1. The molecule has 4 atom stereocenters. The number of fused-ring (bicyclic) bond motifs is 1. The fourth-order valence-electron chi connectivity index (χ4n) is 6.34. The Kier molecular flexibility index (Phi) is 6.17. The molecule has 0 spiro atoms. The first kappa shape index (κ1) is 23.6. The van der Waals surface area contributed by atoms with Gasteiger partial charge in [-0.15, -0.1) is 0 Å². The second-order valence-electron chi connectivity index (χ2n) is 11.2. The minimum atomic E-state index is -0.383. The molecule has 3 aliphatic rings. The molecule has 5 nitrogen and oxygen atoms in total. The van der Waals surface area contributed by atoms with Crippen molar-refractivity contribution in [2.24, 2.45) is 17.3 Å². The predicted octanol–water partition coefficient (Wildman–Crippen LogP) is 6.33. The Bertz CT molecular complexity index is 869. The van der Waals surface area contributed by atoms with Gasteiger partial charge < -0.3 is 18.5 Å². The average Bonchev–Trinajstić information content (AvgIpc) is 3.36. The van der Waals surface area contributed by atoms with Crippen LogP contribution >= 0.6 is 0 Å². The van der Waals surface area contributed by atoms with Gasteiger partial charge >= 0.3 is 13.1 Å². The van der Waals surface area contributed by atoms with Gasteiger partial charge in [0.1, 0.15) is 5.76 Å². The van der Waals surface area contributed by atoms with Gasteiger partial charge in [0.2, 0.25) is 5.76 Å². The minimum Gasteiger partial charge on any atom is -0.460 e. The zero-order valence-corrected chi connectivity index (χ0v) is 20.8. The lowest BCUT2D eigenvalue weighted by Crippen LogP contribution is -2.41. The van der Waals surface area contributed by atoms with Crippen molar-refractivity contribution in [2.75, 3.05) is 6.61 Å². The molecule has 32 heavy (non-hydrogen) atoms. The summed E-state index contributed by atoms with van der Waals surface area (Å²) in [5.41, 5.74) is 1.09. The first-order valence-corrected chi connectivity index (χ1v) is 12.3. The van der Waals surface area contributed by atoms with Crippen molar-refractivity contribution in [1.82, 2.24) is 0 Å². The van der Waals surface area contributed by atoms with E-state index in [-0.39, 0.29) is 35.6 Å². The number of esters is 1.